The molecule has 0 spiro atoms. The maximum atomic E-state index is 3.60. The molecule has 6 rings (SSSR count). The molecule has 6 aromatic rings. The van der Waals surface area contributed by atoms with E-state index in [1.165, 1.54) is 44.0 Å². The van der Waals surface area contributed by atoms with Crippen LogP contribution in [0.1, 0.15) is 5.56 Å². The Labute approximate surface area is 174 Å². The number of aromatic amines is 1. The van der Waals surface area contributed by atoms with Crippen LogP contribution < -0.4 is 5.32 Å². The summed E-state index contributed by atoms with van der Waals surface area (Å²) < 4.78 is 2.30. The highest BCUT2D eigenvalue weighted by molar-refractivity contribution is 6.08. The zero-order chi connectivity index (χ0) is 20.1. The van der Waals surface area contributed by atoms with E-state index >= 15 is 0 Å². The summed E-state index contributed by atoms with van der Waals surface area (Å²) in [4.78, 5) is 3.55. The molecule has 0 radical (unpaired) electrons. The van der Waals surface area contributed by atoms with Gasteiger partial charge in [-0.15, -0.1) is 0 Å². The Balaban J connectivity index is 1.59. The Morgan fingerprint density at radius 3 is 2.47 bits per heavy atom. The molecule has 4 aromatic carbocycles. The lowest BCUT2D eigenvalue weighted by atomic mass is 10.1. The van der Waals surface area contributed by atoms with Crippen molar-refractivity contribution in [3.63, 3.8) is 0 Å². The van der Waals surface area contributed by atoms with Crippen molar-refractivity contribution in [1.29, 1.82) is 0 Å². The zero-order valence-corrected chi connectivity index (χ0v) is 16.7. The lowest BCUT2D eigenvalue weighted by molar-refractivity contribution is 1.11. The van der Waals surface area contributed by atoms with Crippen LogP contribution in [0.15, 0.2) is 97.2 Å². The molecule has 0 unspecified atom stereocenters. The molecule has 0 aliphatic rings. The largest absolute Gasteiger partial charge is 0.355 e. The SMILES string of the molecule is Cc1cc2[nH]c3ccccc3c2cc1-n1ccc2cccc(Nc3ccccc3)c21. The minimum Gasteiger partial charge on any atom is -0.355 e. The fourth-order valence-corrected chi connectivity index (χ4v) is 4.43. The van der Waals surface area contributed by atoms with E-state index in [2.05, 4.69) is 113 Å². The van der Waals surface area contributed by atoms with Crippen LogP contribution in [0.5, 0.6) is 0 Å². The second-order valence-corrected chi connectivity index (χ2v) is 7.78. The summed E-state index contributed by atoms with van der Waals surface area (Å²) in [5.41, 5.74) is 8.15. The van der Waals surface area contributed by atoms with Gasteiger partial charge in [-0.3, -0.25) is 0 Å². The van der Waals surface area contributed by atoms with Gasteiger partial charge in [0.05, 0.1) is 11.2 Å². The predicted octanol–water partition coefficient (Wildman–Crippen LogP) is 7.32. The maximum absolute atomic E-state index is 3.60. The summed E-state index contributed by atoms with van der Waals surface area (Å²) in [6.45, 7) is 2.18. The van der Waals surface area contributed by atoms with E-state index in [-0.39, 0.29) is 0 Å². The van der Waals surface area contributed by atoms with Crippen LogP contribution in [0.3, 0.4) is 0 Å². The van der Waals surface area contributed by atoms with E-state index in [0.29, 0.717) is 0 Å². The van der Waals surface area contributed by atoms with Gasteiger partial charge in [0.2, 0.25) is 0 Å². The van der Waals surface area contributed by atoms with Crippen molar-refractivity contribution in [2.24, 2.45) is 0 Å². The van der Waals surface area contributed by atoms with Gasteiger partial charge in [0, 0.05) is 44.8 Å². The van der Waals surface area contributed by atoms with E-state index in [0.717, 1.165) is 11.4 Å². The third-order valence-electron chi connectivity index (χ3n) is 5.85. The number of H-pyrrole nitrogens is 1. The highest BCUT2D eigenvalue weighted by Gasteiger charge is 2.13. The fourth-order valence-electron chi connectivity index (χ4n) is 4.43. The zero-order valence-electron chi connectivity index (χ0n) is 16.7. The molecule has 0 saturated heterocycles. The quantitative estimate of drug-likeness (QED) is 0.328. The second-order valence-electron chi connectivity index (χ2n) is 7.78. The van der Waals surface area contributed by atoms with Crippen LogP contribution in [0, 0.1) is 6.92 Å². The van der Waals surface area contributed by atoms with Gasteiger partial charge in [0.15, 0.2) is 0 Å². The first kappa shape index (κ1) is 16.9. The molecule has 0 saturated carbocycles. The molecule has 0 fully saturated rings. The van der Waals surface area contributed by atoms with Crippen LogP contribution in [0.25, 0.3) is 38.4 Å². The van der Waals surface area contributed by atoms with Gasteiger partial charge < -0.3 is 14.9 Å². The van der Waals surface area contributed by atoms with Crippen molar-refractivity contribution in [2.45, 2.75) is 6.92 Å². The van der Waals surface area contributed by atoms with Gasteiger partial charge in [-0.2, -0.15) is 0 Å². The fraction of sp³-hybridized carbons (Fsp3) is 0.0370. The number of para-hydroxylation sites is 3. The van der Waals surface area contributed by atoms with Crippen molar-refractivity contribution in [3.05, 3.63) is 103 Å². The topological polar surface area (TPSA) is 32.8 Å². The number of aromatic nitrogens is 2. The summed E-state index contributed by atoms with van der Waals surface area (Å²) >= 11 is 0. The molecule has 0 aliphatic carbocycles. The van der Waals surface area contributed by atoms with Crippen LogP contribution in [-0.4, -0.2) is 9.55 Å². The normalized spacial score (nSPS) is 11.5. The average molecular weight is 387 g/mol. The standard InChI is InChI=1S/C27H21N3/c1-18-16-25-22(21-11-5-6-12-23(21)29-25)17-26(18)30-15-14-19-8-7-13-24(27(19)30)28-20-9-3-2-4-10-20/h2-17,28-29H,1H3. The summed E-state index contributed by atoms with van der Waals surface area (Å²) in [6.07, 6.45) is 2.17. The molecular formula is C27H21N3. The summed E-state index contributed by atoms with van der Waals surface area (Å²) in [6, 6.07) is 32.0. The van der Waals surface area contributed by atoms with Crippen molar-refractivity contribution < 1.29 is 0 Å². The number of nitrogens with zero attached hydrogens (tertiary/aromatic N) is 1. The first-order valence-electron chi connectivity index (χ1n) is 10.2. The first-order valence-corrected chi connectivity index (χ1v) is 10.2. The second kappa shape index (κ2) is 6.53. The molecule has 0 bridgehead atoms. The van der Waals surface area contributed by atoms with Gasteiger partial charge >= 0.3 is 0 Å². The van der Waals surface area contributed by atoms with Crippen molar-refractivity contribution >= 4 is 44.1 Å². The molecule has 2 heterocycles. The molecule has 0 atom stereocenters. The Morgan fingerprint density at radius 1 is 0.733 bits per heavy atom. The lowest BCUT2D eigenvalue weighted by Gasteiger charge is -2.14. The Kier molecular flexibility index (Phi) is 3.68. The monoisotopic (exact) mass is 387 g/mol. The molecule has 144 valence electrons. The van der Waals surface area contributed by atoms with E-state index in [9.17, 15) is 0 Å². The molecule has 0 aliphatic heterocycles. The highest BCUT2D eigenvalue weighted by Crippen LogP contribution is 2.34. The minimum atomic E-state index is 1.08. The number of hydrogen-bond acceptors (Lipinski definition) is 1. The molecular weight excluding hydrogens is 366 g/mol. The molecule has 30 heavy (non-hydrogen) atoms. The third-order valence-corrected chi connectivity index (χ3v) is 5.85. The average Bonchev–Trinajstić information content (AvgIpc) is 3.35. The van der Waals surface area contributed by atoms with E-state index in [4.69, 9.17) is 0 Å². The number of nitrogens with one attached hydrogen (secondary N) is 2. The van der Waals surface area contributed by atoms with Crippen LogP contribution in [0.2, 0.25) is 0 Å². The molecule has 3 nitrogen and oxygen atoms in total. The smallest absolute Gasteiger partial charge is 0.0765 e. The molecule has 0 amide bonds. The highest BCUT2D eigenvalue weighted by atomic mass is 15.0. The Morgan fingerprint density at radius 2 is 1.57 bits per heavy atom. The molecule has 3 heteroatoms. The van der Waals surface area contributed by atoms with Gasteiger partial charge in [0.25, 0.3) is 0 Å². The van der Waals surface area contributed by atoms with E-state index < -0.39 is 0 Å². The Bertz CT molecular complexity index is 1520. The van der Waals surface area contributed by atoms with Gasteiger partial charge in [-0.05, 0) is 55.0 Å². The van der Waals surface area contributed by atoms with Gasteiger partial charge in [0.1, 0.15) is 0 Å². The number of anilines is 2. The van der Waals surface area contributed by atoms with Crippen molar-refractivity contribution in [2.75, 3.05) is 5.32 Å². The van der Waals surface area contributed by atoms with Crippen LogP contribution in [-0.2, 0) is 0 Å². The van der Waals surface area contributed by atoms with Crippen LogP contribution in [0.4, 0.5) is 11.4 Å². The lowest BCUT2D eigenvalue weighted by Crippen LogP contribution is -1.99. The maximum Gasteiger partial charge on any atom is 0.0765 e. The summed E-state index contributed by atoms with van der Waals surface area (Å²) in [5, 5.41) is 7.32. The predicted molar refractivity (Wildman–Crippen MR) is 127 cm³/mol. The molecule has 2 N–H and O–H groups in total. The van der Waals surface area contributed by atoms with Crippen molar-refractivity contribution in [3.8, 4) is 5.69 Å². The number of fused-ring (bicyclic) bond motifs is 4. The number of hydrogen-bond donors (Lipinski definition) is 2. The van der Waals surface area contributed by atoms with Gasteiger partial charge in [-0.25, -0.2) is 0 Å². The number of aryl methyl sites for hydroxylation is 1. The van der Waals surface area contributed by atoms with E-state index in [1.54, 1.807) is 0 Å². The summed E-state index contributed by atoms with van der Waals surface area (Å²) in [7, 11) is 0. The number of rotatable bonds is 3. The first-order chi connectivity index (χ1) is 14.8. The summed E-state index contributed by atoms with van der Waals surface area (Å²) in [5.74, 6) is 0. The Hall–Kier alpha value is -3.98. The minimum absolute atomic E-state index is 1.08. The molecule has 2 aromatic heterocycles. The van der Waals surface area contributed by atoms with Crippen LogP contribution >= 0.6 is 0 Å². The third kappa shape index (κ3) is 2.60. The van der Waals surface area contributed by atoms with E-state index in [1.807, 2.05) is 6.07 Å². The van der Waals surface area contributed by atoms with Gasteiger partial charge in [-0.1, -0.05) is 48.5 Å². The van der Waals surface area contributed by atoms with Crippen molar-refractivity contribution in [1.82, 2.24) is 9.55 Å². The number of benzene rings is 4.